The molecule has 2 aromatic rings. The Hall–Kier alpha value is -3.56. The third-order valence-electron chi connectivity index (χ3n) is 3.18. The molecule has 0 bridgehead atoms. The first-order valence-corrected chi connectivity index (χ1v) is 7.72. The fourth-order valence-corrected chi connectivity index (χ4v) is 2.01. The molecule has 0 aromatic heterocycles. The van der Waals surface area contributed by atoms with Gasteiger partial charge in [0.05, 0.1) is 0 Å². The summed E-state index contributed by atoms with van der Waals surface area (Å²) in [6.07, 6.45) is 2.04. The fraction of sp³-hybridized carbons (Fsp3) is 0.111. The lowest BCUT2D eigenvalue weighted by Gasteiger charge is -2.11. The molecular weight excluding hydrogens is 384 g/mol. The quantitative estimate of drug-likeness (QED) is 0.426. The molecule has 2 amide bonds. The van der Waals surface area contributed by atoms with Crippen LogP contribution in [0.25, 0.3) is 6.08 Å². The molecule has 6 nitrogen and oxygen atoms in total. The molecule has 148 valence electrons. The van der Waals surface area contributed by atoms with E-state index >= 15 is 0 Å². The van der Waals surface area contributed by atoms with Gasteiger partial charge in [-0.3, -0.25) is 20.4 Å². The molecule has 0 heterocycles. The summed E-state index contributed by atoms with van der Waals surface area (Å²) in [6, 6.07) is 11.2. The average molecular weight is 398 g/mol. The first kappa shape index (κ1) is 20.7. The summed E-state index contributed by atoms with van der Waals surface area (Å²) in [6.45, 7) is -6.35. The van der Waals surface area contributed by atoms with Gasteiger partial charge in [-0.05, 0) is 30.3 Å². The van der Waals surface area contributed by atoms with Gasteiger partial charge in [0.25, 0.3) is 11.8 Å². The van der Waals surface area contributed by atoms with Crippen LogP contribution in [0.1, 0.15) is 15.9 Å². The lowest BCUT2D eigenvalue weighted by molar-refractivity contribution is -0.117. The molecular formula is C18H14F4N2O4. The Balaban J connectivity index is 2.02. The summed E-state index contributed by atoms with van der Waals surface area (Å²) >= 11 is 0. The molecule has 0 saturated carbocycles. The topological polar surface area (TPSA) is 76.7 Å². The fourth-order valence-electron chi connectivity index (χ4n) is 2.01. The van der Waals surface area contributed by atoms with Crippen molar-refractivity contribution in [2.24, 2.45) is 0 Å². The molecule has 28 heavy (non-hydrogen) atoms. The van der Waals surface area contributed by atoms with E-state index in [1.165, 1.54) is 12.1 Å². The van der Waals surface area contributed by atoms with Crippen LogP contribution >= 0.6 is 0 Å². The van der Waals surface area contributed by atoms with E-state index in [1.807, 2.05) is 0 Å². The second-order valence-electron chi connectivity index (χ2n) is 5.10. The highest BCUT2D eigenvalue weighted by atomic mass is 19.3. The van der Waals surface area contributed by atoms with Crippen LogP contribution in [0.3, 0.4) is 0 Å². The number of halogens is 4. The van der Waals surface area contributed by atoms with Crippen molar-refractivity contribution in [1.29, 1.82) is 0 Å². The minimum Gasteiger partial charge on any atom is -0.435 e. The Morgan fingerprint density at radius 3 is 2.21 bits per heavy atom. The molecule has 0 aliphatic carbocycles. The van der Waals surface area contributed by atoms with Gasteiger partial charge >= 0.3 is 13.2 Å². The highest BCUT2D eigenvalue weighted by molar-refractivity contribution is 5.98. The summed E-state index contributed by atoms with van der Waals surface area (Å²) in [7, 11) is 0. The van der Waals surface area contributed by atoms with Gasteiger partial charge in [-0.15, -0.1) is 0 Å². The number of ether oxygens (including phenoxy) is 2. The third kappa shape index (κ3) is 6.63. The van der Waals surface area contributed by atoms with Gasteiger partial charge in [-0.2, -0.15) is 17.6 Å². The molecule has 0 atom stereocenters. The summed E-state index contributed by atoms with van der Waals surface area (Å²) in [4.78, 5) is 23.6. The van der Waals surface area contributed by atoms with Gasteiger partial charge in [-0.25, -0.2) is 0 Å². The maximum absolute atomic E-state index is 12.5. The molecule has 0 aliphatic rings. The summed E-state index contributed by atoms with van der Waals surface area (Å²) in [5.41, 5.74) is 4.60. The molecule has 2 N–H and O–H groups in total. The van der Waals surface area contributed by atoms with E-state index in [2.05, 4.69) is 20.3 Å². The van der Waals surface area contributed by atoms with Crippen LogP contribution in [0.4, 0.5) is 17.6 Å². The van der Waals surface area contributed by atoms with Gasteiger partial charge in [0.2, 0.25) is 0 Å². The standard InChI is InChI=1S/C18H14F4N2O4/c19-17(20)27-13-8-6-11(14(10-13)28-18(21)22)7-9-15(25)23-24-16(26)12-4-2-1-3-5-12/h1-10,17-18H,(H,23,25)(H,24,26)/b9-7+. The van der Waals surface area contributed by atoms with Crippen LogP contribution in [0.2, 0.25) is 0 Å². The van der Waals surface area contributed by atoms with Gasteiger partial charge in [0.1, 0.15) is 11.5 Å². The van der Waals surface area contributed by atoms with Crippen LogP contribution in [0.15, 0.2) is 54.6 Å². The number of nitrogens with one attached hydrogen (secondary N) is 2. The van der Waals surface area contributed by atoms with Crippen molar-refractivity contribution in [2.45, 2.75) is 13.2 Å². The van der Waals surface area contributed by atoms with E-state index in [0.717, 1.165) is 30.4 Å². The number of benzene rings is 2. The predicted octanol–water partition coefficient (Wildman–Crippen LogP) is 3.36. The molecule has 0 fully saturated rings. The summed E-state index contributed by atoms with van der Waals surface area (Å²) in [5.74, 6) is -2.18. The number of alkyl halides is 4. The summed E-state index contributed by atoms with van der Waals surface area (Å²) in [5, 5.41) is 0. The van der Waals surface area contributed by atoms with Crippen molar-refractivity contribution in [2.75, 3.05) is 0 Å². The molecule has 2 rings (SSSR count). The highest BCUT2D eigenvalue weighted by Gasteiger charge is 2.12. The summed E-state index contributed by atoms with van der Waals surface area (Å²) < 4.78 is 57.8. The predicted molar refractivity (Wildman–Crippen MR) is 90.8 cm³/mol. The van der Waals surface area contributed by atoms with E-state index < -0.39 is 30.8 Å². The minimum absolute atomic E-state index is 0.00597. The molecule has 2 aromatic carbocycles. The Kier molecular flexibility index (Phi) is 7.37. The lowest BCUT2D eigenvalue weighted by Crippen LogP contribution is -2.40. The van der Waals surface area contributed by atoms with Gasteiger partial charge in [0.15, 0.2) is 0 Å². The molecule has 0 saturated heterocycles. The molecule has 10 heteroatoms. The maximum Gasteiger partial charge on any atom is 0.387 e. The van der Waals surface area contributed by atoms with Crippen molar-refractivity contribution >= 4 is 17.9 Å². The molecule has 0 aliphatic heterocycles. The number of hydrogen-bond donors (Lipinski definition) is 2. The van der Waals surface area contributed by atoms with Crippen molar-refractivity contribution in [3.8, 4) is 11.5 Å². The average Bonchev–Trinajstić information content (AvgIpc) is 2.65. The second-order valence-corrected chi connectivity index (χ2v) is 5.10. The van der Waals surface area contributed by atoms with E-state index in [0.29, 0.717) is 5.56 Å². The van der Waals surface area contributed by atoms with Crippen molar-refractivity contribution in [3.05, 3.63) is 65.7 Å². The second kappa shape index (κ2) is 9.95. The van der Waals surface area contributed by atoms with Crippen LogP contribution in [-0.4, -0.2) is 25.0 Å². The molecule has 0 unspecified atom stereocenters. The minimum atomic E-state index is -3.21. The monoisotopic (exact) mass is 398 g/mol. The zero-order valence-corrected chi connectivity index (χ0v) is 14.1. The Morgan fingerprint density at radius 2 is 1.57 bits per heavy atom. The molecule has 0 radical (unpaired) electrons. The van der Waals surface area contributed by atoms with Crippen molar-refractivity contribution < 1.29 is 36.6 Å². The van der Waals surface area contributed by atoms with Gasteiger partial charge in [-0.1, -0.05) is 18.2 Å². The Labute approximate surface area is 156 Å². The number of hydrazine groups is 1. The van der Waals surface area contributed by atoms with E-state index in [1.54, 1.807) is 18.2 Å². The van der Waals surface area contributed by atoms with Crippen LogP contribution in [-0.2, 0) is 4.79 Å². The van der Waals surface area contributed by atoms with Gasteiger partial charge < -0.3 is 9.47 Å². The Morgan fingerprint density at radius 1 is 0.893 bits per heavy atom. The number of amides is 2. The largest absolute Gasteiger partial charge is 0.435 e. The van der Waals surface area contributed by atoms with Crippen molar-refractivity contribution in [1.82, 2.24) is 10.9 Å². The normalized spacial score (nSPS) is 10.9. The number of hydrogen-bond acceptors (Lipinski definition) is 4. The number of carbonyl (C=O) groups is 2. The van der Waals surface area contributed by atoms with E-state index in [9.17, 15) is 27.2 Å². The number of carbonyl (C=O) groups excluding carboxylic acids is 2. The Bertz CT molecular complexity index is 845. The maximum atomic E-state index is 12.5. The van der Waals surface area contributed by atoms with Crippen LogP contribution < -0.4 is 20.3 Å². The number of rotatable bonds is 7. The lowest BCUT2D eigenvalue weighted by atomic mass is 10.1. The zero-order chi connectivity index (χ0) is 20.5. The molecule has 0 spiro atoms. The van der Waals surface area contributed by atoms with E-state index in [4.69, 9.17) is 0 Å². The smallest absolute Gasteiger partial charge is 0.387 e. The van der Waals surface area contributed by atoms with Gasteiger partial charge in [0, 0.05) is 23.3 Å². The van der Waals surface area contributed by atoms with E-state index in [-0.39, 0.29) is 11.3 Å². The van der Waals surface area contributed by atoms with Crippen LogP contribution in [0.5, 0.6) is 11.5 Å². The third-order valence-corrected chi connectivity index (χ3v) is 3.18. The van der Waals surface area contributed by atoms with Crippen molar-refractivity contribution in [3.63, 3.8) is 0 Å². The first-order valence-electron chi connectivity index (χ1n) is 7.72. The SMILES string of the molecule is O=C(/C=C/c1ccc(OC(F)F)cc1OC(F)F)NNC(=O)c1ccccc1. The highest BCUT2D eigenvalue weighted by Crippen LogP contribution is 2.28. The van der Waals surface area contributed by atoms with Crippen LogP contribution in [0, 0.1) is 0 Å². The zero-order valence-electron chi connectivity index (χ0n) is 14.1. The first-order chi connectivity index (χ1) is 13.3.